The van der Waals surface area contributed by atoms with Gasteiger partial charge in [-0.1, -0.05) is 20.8 Å². The number of pyridine rings is 1. The Balaban J connectivity index is 2.28. The van der Waals surface area contributed by atoms with Gasteiger partial charge in [-0.05, 0) is 39.4 Å². The molecule has 0 aliphatic carbocycles. The summed E-state index contributed by atoms with van der Waals surface area (Å²) in [6, 6.07) is 2.02. The van der Waals surface area contributed by atoms with Crippen molar-refractivity contribution >= 4 is 15.9 Å². The van der Waals surface area contributed by atoms with E-state index in [1.807, 2.05) is 12.3 Å². The van der Waals surface area contributed by atoms with Crippen LogP contribution in [0.25, 0.3) is 0 Å². The molecule has 0 aliphatic heterocycles. The molecule has 1 aromatic rings. The Hall–Kier alpha value is -0.450. The zero-order chi connectivity index (χ0) is 12.9. The number of nitrogens with one attached hydrogen (secondary N) is 1. The maximum atomic E-state index is 9.83. The van der Waals surface area contributed by atoms with Gasteiger partial charge in [0.2, 0.25) is 0 Å². The smallest absolute Gasteiger partial charge is 0.0669 e. The molecule has 0 aromatic carbocycles. The molecule has 3 nitrogen and oxygen atoms in total. The van der Waals surface area contributed by atoms with Gasteiger partial charge in [-0.25, -0.2) is 0 Å². The summed E-state index contributed by atoms with van der Waals surface area (Å²) >= 11 is 3.38. The summed E-state index contributed by atoms with van der Waals surface area (Å²) in [7, 11) is 0. The van der Waals surface area contributed by atoms with E-state index in [1.54, 1.807) is 6.20 Å². The van der Waals surface area contributed by atoms with E-state index in [0.717, 1.165) is 23.0 Å². The number of aliphatic hydroxyl groups excluding tert-OH is 1. The summed E-state index contributed by atoms with van der Waals surface area (Å²) < 4.78 is 0.979. The molecule has 4 heteroatoms. The molecule has 0 aliphatic rings. The average molecular weight is 301 g/mol. The van der Waals surface area contributed by atoms with E-state index in [1.165, 1.54) is 0 Å². The molecular formula is C13H21BrN2O. The largest absolute Gasteiger partial charge is 0.392 e. The van der Waals surface area contributed by atoms with Crippen LogP contribution in [0.3, 0.4) is 0 Å². The highest BCUT2D eigenvalue weighted by Crippen LogP contribution is 2.20. The van der Waals surface area contributed by atoms with Crippen LogP contribution in [0.4, 0.5) is 0 Å². The second-order valence-corrected chi connectivity index (χ2v) is 6.48. The van der Waals surface area contributed by atoms with Gasteiger partial charge in [0.05, 0.1) is 6.10 Å². The molecule has 96 valence electrons. The molecule has 0 fully saturated rings. The fourth-order valence-electron chi connectivity index (χ4n) is 1.71. The summed E-state index contributed by atoms with van der Waals surface area (Å²) in [6.45, 7) is 7.74. The van der Waals surface area contributed by atoms with Crippen LogP contribution >= 0.6 is 15.9 Å². The molecule has 1 aromatic heterocycles. The average Bonchev–Trinajstić information content (AvgIpc) is 2.14. The fraction of sp³-hybridized carbons (Fsp3) is 0.615. The highest BCUT2D eigenvalue weighted by Gasteiger charge is 2.16. The van der Waals surface area contributed by atoms with Crippen LogP contribution in [0.2, 0.25) is 0 Å². The van der Waals surface area contributed by atoms with Crippen LogP contribution < -0.4 is 5.32 Å². The van der Waals surface area contributed by atoms with Crippen molar-refractivity contribution in [2.24, 2.45) is 5.41 Å². The first kappa shape index (κ1) is 14.6. The van der Waals surface area contributed by atoms with E-state index >= 15 is 0 Å². The lowest BCUT2D eigenvalue weighted by molar-refractivity contribution is 0.119. The first-order valence-corrected chi connectivity index (χ1v) is 6.64. The van der Waals surface area contributed by atoms with Crippen molar-refractivity contribution in [2.45, 2.75) is 39.8 Å². The van der Waals surface area contributed by atoms with Gasteiger partial charge in [0, 0.05) is 30.0 Å². The number of aliphatic hydroxyl groups is 1. The lowest BCUT2D eigenvalue weighted by Crippen LogP contribution is -2.29. The third-order valence-electron chi connectivity index (χ3n) is 2.32. The first-order valence-electron chi connectivity index (χ1n) is 5.85. The molecule has 1 rings (SSSR count). The molecule has 1 unspecified atom stereocenters. The van der Waals surface area contributed by atoms with Crippen LogP contribution in [0.1, 0.15) is 32.8 Å². The van der Waals surface area contributed by atoms with E-state index in [0.29, 0.717) is 6.54 Å². The topological polar surface area (TPSA) is 45.1 Å². The standard InChI is InChI=1S/C13H21BrN2O/c1-13(2,3)5-12(17)9-16-7-10-4-11(14)8-15-6-10/h4,6,8,12,16-17H,5,7,9H2,1-3H3. The van der Waals surface area contributed by atoms with E-state index < -0.39 is 0 Å². The Kier molecular flexibility index (Phi) is 5.56. The maximum Gasteiger partial charge on any atom is 0.0669 e. The minimum Gasteiger partial charge on any atom is -0.392 e. The Morgan fingerprint density at radius 1 is 1.41 bits per heavy atom. The van der Waals surface area contributed by atoms with Crippen LogP contribution in [-0.4, -0.2) is 22.7 Å². The van der Waals surface area contributed by atoms with Crippen molar-refractivity contribution in [2.75, 3.05) is 6.54 Å². The predicted molar refractivity (Wildman–Crippen MR) is 73.7 cm³/mol. The van der Waals surface area contributed by atoms with E-state index in [2.05, 4.69) is 47.0 Å². The Bertz CT molecular complexity index is 350. The fourth-order valence-corrected chi connectivity index (χ4v) is 2.13. The molecule has 1 heterocycles. The minimum absolute atomic E-state index is 0.165. The van der Waals surface area contributed by atoms with Crippen molar-refractivity contribution in [1.82, 2.24) is 10.3 Å². The van der Waals surface area contributed by atoms with E-state index in [4.69, 9.17) is 0 Å². The number of halogens is 1. The van der Waals surface area contributed by atoms with Gasteiger partial charge in [0.1, 0.15) is 0 Å². The zero-order valence-corrected chi connectivity index (χ0v) is 12.3. The molecule has 0 spiro atoms. The molecule has 0 radical (unpaired) electrons. The predicted octanol–water partition coefficient (Wildman–Crippen LogP) is 2.73. The zero-order valence-electron chi connectivity index (χ0n) is 10.7. The Labute approximate surface area is 112 Å². The monoisotopic (exact) mass is 300 g/mol. The third kappa shape index (κ3) is 6.76. The van der Waals surface area contributed by atoms with Crippen molar-refractivity contribution in [3.63, 3.8) is 0 Å². The quantitative estimate of drug-likeness (QED) is 0.879. The molecule has 1 atom stereocenters. The van der Waals surface area contributed by atoms with Crippen molar-refractivity contribution < 1.29 is 5.11 Å². The van der Waals surface area contributed by atoms with Crippen LogP contribution in [0, 0.1) is 5.41 Å². The lowest BCUT2D eigenvalue weighted by atomic mass is 9.89. The van der Waals surface area contributed by atoms with Gasteiger partial charge in [0.25, 0.3) is 0 Å². The van der Waals surface area contributed by atoms with Gasteiger partial charge in [-0.2, -0.15) is 0 Å². The molecule has 2 N–H and O–H groups in total. The lowest BCUT2D eigenvalue weighted by Gasteiger charge is -2.22. The second kappa shape index (κ2) is 6.47. The molecule has 0 saturated heterocycles. The molecule has 0 amide bonds. The molecule has 17 heavy (non-hydrogen) atoms. The van der Waals surface area contributed by atoms with Gasteiger partial charge in [-0.15, -0.1) is 0 Å². The van der Waals surface area contributed by atoms with Gasteiger partial charge in [-0.3, -0.25) is 4.98 Å². The molecule has 0 saturated carbocycles. The van der Waals surface area contributed by atoms with Crippen molar-refractivity contribution in [1.29, 1.82) is 0 Å². The first-order chi connectivity index (χ1) is 7.87. The second-order valence-electron chi connectivity index (χ2n) is 5.56. The number of nitrogens with zero attached hydrogens (tertiary/aromatic N) is 1. The van der Waals surface area contributed by atoms with E-state index in [9.17, 15) is 5.11 Å². The Morgan fingerprint density at radius 2 is 2.12 bits per heavy atom. The van der Waals surface area contributed by atoms with Gasteiger partial charge < -0.3 is 10.4 Å². The van der Waals surface area contributed by atoms with Crippen LogP contribution in [0.5, 0.6) is 0 Å². The van der Waals surface area contributed by atoms with Crippen molar-refractivity contribution in [3.05, 3.63) is 28.5 Å². The highest BCUT2D eigenvalue weighted by atomic mass is 79.9. The SMILES string of the molecule is CC(C)(C)CC(O)CNCc1cncc(Br)c1. The number of hydrogen-bond donors (Lipinski definition) is 2. The van der Waals surface area contributed by atoms with E-state index in [-0.39, 0.29) is 11.5 Å². The number of aromatic nitrogens is 1. The maximum absolute atomic E-state index is 9.83. The molecular weight excluding hydrogens is 280 g/mol. The normalized spacial score (nSPS) is 13.7. The highest BCUT2D eigenvalue weighted by molar-refractivity contribution is 9.10. The minimum atomic E-state index is -0.296. The van der Waals surface area contributed by atoms with Crippen LogP contribution in [-0.2, 0) is 6.54 Å². The summed E-state index contributed by atoms with van der Waals surface area (Å²) in [4.78, 5) is 4.09. The van der Waals surface area contributed by atoms with Gasteiger partial charge in [0.15, 0.2) is 0 Å². The Morgan fingerprint density at radius 3 is 2.71 bits per heavy atom. The molecule has 0 bridgehead atoms. The summed E-state index contributed by atoms with van der Waals surface area (Å²) in [5, 5.41) is 13.1. The number of hydrogen-bond acceptors (Lipinski definition) is 3. The van der Waals surface area contributed by atoms with Crippen LogP contribution in [0.15, 0.2) is 22.9 Å². The summed E-state index contributed by atoms with van der Waals surface area (Å²) in [6.07, 6.45) is 4.10. The third-order valence-corrected chi connectivity index (χ3v) is 2.75. The summed E-state index contributed by atoms with van der Waals surface area (Å²) in [5.41, 5.74) is 1.28. The number of rotatable bonds is 5. The van der Waals surface area contributed by atoms with Crippen molar-refractivity contribution in [3.8, 4) is 0 Å². The summed E-state index contributed by atoms with van der Waals surface area (Å²) in [5.74, 6) is 0. The van der Waals surface area contributed by atoms with Gasteiger partial charge >= 0.3 is 0 Å².